The van der Waals surface area contributed by atoms with Gasteiger partial charge >= 0.3 is 0 Å². The van der Waals surface area contributed by atoms with Crippen LogP contribution in [0.15, 0.2) is 90.3 Å². The molecule has 0 bridgehead atoms. The Morgan fingerprint density at radius 2 is 1.82 bits per heavy atom. The second kappa shape index (κ2) is 11.0. The van der Waals surface area contributed by atoms with Crippen LogP contribution in [-0.2, 0) is 11.2 Å². The number of carbonyl (C=O) groups is 1. The van der Waals surface area contributed by atoms with Crippen LogP contribution in [-0.4, -0.2) is 21.6 Å². The van der Waals surface area contributed by atoms with Crippen LogP contribution in [0.25, 0.3) is 11.1 Å². The van der Waals surface area contributed by atoms with Gasteiger partial charge < -0.3 is 10.1 Å². The van der Waals surface area contributed by atoms with Crippen molar-refractivity contribution < 1.29 is 9.53 Å². The number of amides is 1. The predicted octanol–water partition coefficient (Wildman–Crippen LogP) is 6.88. The summed E-state index contributed by atoms with van der Waals surface area (Å²) in [4.78, 5) is 22.1. The van der Waals surface area contributed by atoms with Gasteiger partial charge in [0.05, 0.1) is 6.42 Å². The van der Waals surface area contributed by atoms with Gasteiger partial charge in [-0.3, -0.25) is 4.79 Å². The third-order valence-electron chi connectivity index (χ3n) is 4.76. The van der Waals surface area contributed by atoms with Crippen molar-refractivity contribution >= 4 is 35.0 Å². The molecule has 0 unspecified atom stereocenters. The number of anilines is 1. The zero-order chi connectivity index (χ0) is 23.0. The molecular formula is C26H22ClN3O2S. The lowest BCUT2D eigenvalue weighted by molar-refractivity contribution is -0.115. The average Bonchev–Trinajstić information content (AvgIpc) is 2.81. The van der Waals surface area contributed by atoms with Gasteiger partial charge in [-0.25, -0.2) is 9.97 Å². The normalized spacial score (nSPS) is 10.6. The van der Waals surface area contributed by atoms with Crippen molar-refractivity contribution in [3.05, 3.63) is 96.0 Å². The second-order valence-corrected chi connectivity index (χ2v) is 8.97. The van der Waals surface area contributed by atoms with Gasteiger partial charge in [-0.1, -0.05) is 36.7 Å². The van der Waals surface area contributed by atoms with Gasteiger partial charge in [0, 0.05) is 45.2 Å². The monoisotopic (exact) mass is 475 g/mol. The Balaban J connectivity index is 1.55. The maximum Gasteiger partial charge on any atom is 0.228 e. The van der Waals surface area contributed by atoms with Gasteiger partial charge in [0.2, 0.25) is 5.91 Å². The molecule has 0 radical (unpaired) electrons. The summed E-state index contributed by atoms with van der Waals surface area (Å²) in [6.07, 6.45) is 5.19. The van der Waals surface area contributed by atoms with Crippen molar-refractivity contribution in [2.24, 2.45) is 0 Å². The molecule has 1 amide bonds. The number of ether oxygens (including phenoxy) is 1. The Bertz CT molecular complexity index is 1230. The van der Waals surface area contributed by atoms with Crippen LogP contribution < -0.4 is 10.1 Å². The van der Waals surface area contributed by atoms with Crippen molar-refractivity contribution in [1.29, 1.82) is 0 Å². The molecule has 0 atom stereocenters. The van der Waals surface area contributed by atoms with Crippen LogP contribution in [0.1, 0.15) is 12.5 Å². The molecule has 0 saturated carbocycles. The highest BCUT2D eigenvalue weighted by Gasteiger charge is 2.12. The van der Waals surface area contributed by atoms with Gasteiger partial charge in [-0.15, -0.1) is 11.8 Å². The molecule has 0 aliphatic rings. The molecule has 7 heteroatoms. The van der Waals surface area contributed by atoms with Gasteiger partial charge in [0.1, 0.15) is 17.8 Å². The van der Waals surface area contributed by atoms with Crippen LogP contribution in [0, 0.1) is 0 Å². The zero-order valence-corrected chi connectivity index (χ0v) is 19.6. The van der Waals surface area contributed by atoms with Crippen LogP contribution in [0.3, 0.4) is 0 Å². The molecule has 4 rings (SSSR count). The quantitative estimate of drug-likeness (QED) is 0.281. The third kappa shape index (κ3) is 6.34. The number of benzene rings is 3. The summed E-state index contributed by atoms with van der Waals surface area (Å²) in [6.45, 7) is 2.12. The molecule has 0 saturated heterocycles. The Morgan fingerprint density at radius 3 is 2.55 bits per heavy atom. The largest absolute Gasteiger partial charge is 0.457 e. The Hall–Kier alpha value is -3.35. The number of thioether (sulfide) groups is 1. The standard InChI is InChI=1S/C26H22ClN3O2S/c1-2-33-23-9-6-18(7-10-23)12-26(31)30-21-8-11-24(19-15-28-17-29-16-19)25(14-21)32-22-5-3-4-20(27)13-22/h3-11,13-17H,2,12H2,1H3,(H,30,31). The number of hydrogen-bond donors (Lipinski definition) is 1. The highest BCUT2D eigenvalue weighted by molar-refractivity contribution is 7.99. The van der Waals surface area contributed by atoms with E-state index in [1.54, 1.807) is 42.4 Å². The fourth-order valence-electron chi connectivity index (χ4n) is 3.28. The molecule has 33 heavy (non-hydrogen) atoms. The van der Waals surface area contributed by atoms with Crippen molar-refractivity contribution in [1.82, 2.24) is 9.97 Å². The Labute approximate surface area is 202 Å². The van der Waals surface area contributed by atoms with E-state index in [1.165, 1.54) is 11.2 Å². The maximum atomic E-state index is 12.7. The number of aromatic nitrogens is 2. The molecule has 0 aliphatic heterocycles. The first-order valence-electron chi connectivity index (χ1n) is 10.4. The van der Waals surface area contributed by atoms with E-state index in [0.717, 1.165) is 22.4 Å². The van der Waals surface area contributed by atoms with Crippen molar-refractivity contribution in [2.45, 2.75) is 18.2 Å². The first kappa shape index (κ1) is 22.8. The van der Waals surface area contributed by atoms with Crippen LogP contribution in [0.4, 0.5) is 5.69 Å². The summed E-state index contributed by atoms with van der Waals surface area (Å²) in [5.74, 6) is 2.07. The summed E-state index contributed by atoms with van der Waals surface area (Å²) in [5, 5.41) is 3.54. The van der Waals surface area contributed by atoms with E-state index in [9.17, 15) is 4.79 Å². The van der Waals surface area contributed by atoms with Crippen LogP contribution >= 0.6 is 23.4 Å². The van der Waals surface area contributed by atoms with Gasteiger partial charge in [0.25, 0.3) is 0 Å². The fraction of sp³-hybridized carbons (Fsp3) is 0.115. The second-order valence-electron chi connectivity index (χ2n) is 7.20. The molecule has 5 nitrogen and oxygen atoms in total. The summed E-state index contributed by atoms with van der Waals surface area (Å²) >= 11 is 7.89. The van der Waals surface area contributed by atoms with Crippen molar-refractivity contribution in [3.8, 4) is 22.6 Å². The Morgan fingerprint density at radius 1 is 1.03 bits per heavy atom. The summed E-state index contributed by atoms with van der Waals surface area (Å²) < 4.78 is 6.13. The molecular weight excluding hydrogens is 454 g/mol. The summed E-state index contributed by atoms with van der Waals surface area (Å²) in [6, 6.07) is 20.7. The molecule has 0 aliphatic carbocycles. The predicted molar refractivity (Wildman–Crippen MR) is 134 cm³/mol. The topological polar surface area (TPSA) is 64.1 Å². The van der Waals surface area contributed by atoms with Crippen LogP contribution in [0.2, 0.25) is 5.02 Å². The highest BCUT2D eigenvalue weighted by Crippen LogP contribution is 2.35. The number of carbonyl (C=O) groups excluding carboxylic acids is 1. The van der Waals surface area contributed by atoms with E-state index in [4.69, 9.17) is 16.3 Å². The molecule has 1 N–H and O–H groups in total. The first-order chi connectivity index (χ1) is 16.1. The molecule has 1 heterocycles. The minimum atomic E-state index is -0.101. The highest BCUT2D eigenvalue weighted by atomic mass is 35.5. The molecule has 1 aromatic heterocycles. The van der Waals surface area contributed by atoms with Crippen molar-refractivity contribution in [2.75, 3.05) is 11.1 Å². The van der Waals surface area contributed by atoms with E-state index < -0.39 is 0 Å². The van der Waals surface area contributed by atoms with E-state index in [-0.39, 0.29) is 12.3 Å². The summed E-state index contributed by atoms with van der Waals surface area (Å²) in [5.41, 5.74) is 3.20. The molecule has 166 valence electrons. The number of nitrogens with zero attached hydrogens (tertiary/aromatic N) is 2. The number of halogens is 1. The van der Waals surface area contributed by atoms with E-state index >= 15 is 0 Å². The van der Waals surface area contributed by atoms with E-state index in [1.807, 2.05) is 48.5 Å². The van der Waals surface area contributed by atoms with Gasteiger partial charge in [-0.05, 0) is 53.8 Å². The van der Waals surface area contributed by atoms with E-state index in [0.29, 0.717) is 22.2 Å². The molecule has 3 aromatic carbocycles. The Kier molecular flexibility index (Phi) is 7.60. The number of rotatable bonds is 8. The molecule has 0 fully saturated rings. The van der Waals surface area contributed by atoms with E-state index in [2.05, 4.69) is 22.2 Å². The number of hydrogen-bond acceptors (Lipinski definition) is 5. The molecule has 0 spiro atoms. The van der Waals surface area contributed by atoms with Gasteiger partial charge in [-0.2, -0.15) is 0 Å². The SMILES string of the molecule is CCSc1ccc(CC(=O)Nc2ccc(-c3cncnc3)c(Oc3cccc(Cl)c3)c2)cc1. The fourth-order valence-corrected chi connectivity index (χ4v) is 4.12. The lowest BCUT2D eigenvalue weighted by Gasteiger charge is -2.14. The summed E-state index contributed by atoms with van der Waals surface area (Å²) in [7, 11) is 0. The smallest absolute Gasteiger partial charge is 0.228 e. The minimum absolute atomic E-state index is 0.101. The van der Waals surface area contributed by atoms with Gasteiger partial charge in [0.15, 0.2) is 0 Å². The van der Waals surface area contributed by atoms with Crippen molar-refractivity contribution in [3.63, 3.8) is 0 Å². The van der Waals surface area contributed by atoms with Crippen LogP contribution in [0.5, 0.6) is 11.5 Å². The zero-order valence-electron chi connectivity index (χ0n) is 18.0. The average molecular weight is 476 g/mol. The maximum absolute atomic E-state index is 12.7. The minimum Gasteiger partial charge on any atom is -0.457 e. The molecule has 4 aromatic rings. The lowest BCUT2D eigenvalue weighted by Crippen LogP contribution is -2.14. The number of nitrogens with one attached hydrogen (secondary N) is 1. The lowest BCUT2D eigenvalue weighted by atomic mass is 10.1. The first-order valence-corrected chi connectivity index (χ1v) is 11.8. The third-order valence-corrected chi connectivity index (χ3v) is 5.89.